The highest BCUT2D eigenvalue weighted by Crippen LogP contribution is 2.37. The normalized spacial score (nSPS) is 10.5. The van der Waals surface area contributed by atoms with Gasteiger partial charge in [-0.15, -0.1) is 16.3 Å². The van der Waals surface area contributed by atoms with Crippen molar-refractivity contribution in [1.29, 1.82) is 5.26 Å². The standard InChI is InChI=1S/C17H7FN6S/c1-20-17-24-13-5-4-12-14(15(13)25-17)16(22-8-21-12)23-11-3-2-9(7-19)6-10(11)18/h2-6,8H,(H,21,22,23). The molecule has 0 spiro atoms. The highest BCUT2D eigenvalue weighted by atomic mass is 32.1. The first-order valence-electron chi connectivity index (χ1n) is 7.08. The lowest BCUT2D eigenvalue weighted by atomic mass is 10.2. The van der Waals surface area contributed by atoms with Gasteiger partial charge < -0.3 is 10.2 Å². The predicted molar refractivity (Wildman–Crippen MR) is 93.4 cm³/mol. The second kappa shape index (κ2) is 5.78. The highest BCUT2D eigenvalue weighted by molar-refractivity contribution is 7.23. The highest BCUT2D eigenvalue weighted by Gasteiger charge is 2.15. The molecular formula is C17H7FN6S. The van der Waals surface area contributed by atoms with Crippen LogP contribution in [0.3, 0.4) is 0 Å². The maximum absolute atomic E-state index is 14.2. The van der Waals surface area contributed by atoms with E-state index in [0.29, 0.717) is 27.4 Å². The molecule has 4 aromatic rings. The molecule has 0 aliphatic heterocycles. The molecule has 25 heavy (non-hydrogen) atoms. The average molecular weight is 346 g/mol. The fraction of sp³-hybridized carbons (Fsp3) is 0. The number of fused-ring (bicyclic) bond motifs is 3. The summed E-state index contributed by atoms with van der Waals surface area (Å²) in [6.45, 7) is 7.13. The molecule has 0 amide bonds. The monoisotopic (exact) mass is 346 g/mol. The molecule has 118 valence electrons. The first kappa shape index (κ1) is 14.9. The van der Waals surface area contributed by atoms with E-state index in [4.69, 9.17) is 11.8 Å². The maximum Gasteiger partial charge on any atom is 0.330 e. The van der Waals surface area contributed by atoms with Gasteiger partial charge in [0.1, 0.15) is 18.0 Å². The minimum Gasteiger partial charge on any atom is -0.351 e. The summed E-state index contributed by atoms with van der Waals surface area (Å²) in [5.74, 6) is -0.136. The molecule has 8 heteroatoms. The fourth-order valence-electron chi connectivity index (χ4n) is 2.48. The molecule has 2 heterocycles. The van der Waals surface area contributed by atoms with Gasteiger partial charge in [-0.2, -0.15) is 5.26 Å². The topological polar surface area (TPSA) is 78.8 Å². The van der Waals surface area contributed by atoms with Gasteiger partial charge in [-0.1, -0.05) is 6.57 Å². The summed E-state index contributed by atoms with van der Waals surface area (Å²) in [4.78, 5) is 16.1. The third-order valence-corrected chi connectivity index (χ3v) is 4.57. The van der Waals surface area contributed by atoms with Gasteiger partial charge in [-0.25, -0.2) is 14.4 Å². The van der Waals surface area contributed by atoms with E-state index < -0.39 is 5.82 Å². The lowest BCUT2D eigenvalue weighted by Gasteiger charge is -2.09. The van der Waals surface area contributed by atoms with Crippen LogP contribution in [-0.4, -0.2) is 15.0 Å². The van der Waals surface area contributed by atoms with Crippen LogP contribution in [0.5, 0.6) is 0 Å². The van der Waals surface area contributed by atoms with Crippen LogP contribution in [0.25, 0.3) is 26.0 Å². The van der Waals surface area contributed by atoms with Crippen molar-refractivity contribution in [3.63, 3.8) is 0 Å². The van der Waals surface area contributed by atoms with E-state index in [1.165, 1.54) is 29.8 Å². The minimum atomic E-state index is -0.552. The SMILES string of the molecule is [C-]#[N+]c1nc2ccc3ncnc(Nc4ccc(C#N)cc4F)c3c2s1. The van der Waals surface area contributed by atoms with Crippen LogP contribution < -0.4 is 5.32 Å². The quantitative estimate of drug-likeness (QED) is 0.539. The molecular weight excluding hydrogens is 339 g/mol. The number of benzene rings is 2. The van der Waals surface area contributed by atoms with Gasteiger partial charge in [0.05, 0.1) is 32.9 Å². The first-order valence-corrected chi connectivity index (χ1v) is 7.89. The van der Waals surface area contributed by atoms with E-state index in [0.717, 1.165) is 10.8 Å². The predicted octanol–water partition coefficient (Wildman–Crippen LogP) is 4.54. The molecule has 4 rings (SSSR count). The lowest BCUT2D eigenvalue weighted by molar-refractivity contribution is 0.631. The van der Waals surface area contributed by atoms with Gasteiger partial charge in [0, 0.05) is 0 Å². The van der Waals surface area contributed by atoms with Crippen molar-refractivity contribution in [2.24, 2.45) is 0 Å². The number of hydrogen-bond donors (Lipinski definition) is 1. The van der Waals surface area contributed by atoms with Crippen molar-refractivity contribution in [2.75, 3.05) is 5.32 Å². The Labute approximate surface area is 145 Å². The summed E-state index contributed by atoms with van der Waals surface area (Å²) < 4.78 is 15.0. The van der Waals surface area contributed by atoms with Crippen LogP contribution in [0.2, 0.25) is 0 Å². The zero-order valence-electron chi connectivity index (χ0n) is 12.5. The van der Waals surface area contributed by atoms with Gasteiger partial charge in [0.25, 0.3) is 0 Å². The zero-order valence-corrected chi connectivity index (χ0v) is 13.3. The Balaban J connectivity index is 1.91. The molecule has 6 nitrogen and oxygen atoms in total. The number of nitrogens with one attached hydrogen (secondary N) is 1. The van der Waals surface area contributed by atoms with E-state index in [-0.39, 0.29) is 11.3 Å². The second-order valence-electron chi connectivity index (χ2n) is 5.07. The third kappa shape index (κ3) is 2.51. The zero-order chi connectivity index (χ0) is 17.4. The second-order valence-corrected chi connectivity index (χ2v) is 6.05. The number of nitrogens with zero attached hydrogens (tertiary/aromatic N) is 5. The van der Waals surface area contributed by atoms with Crippen LogP contribution in [-0.2, 0) is 0 Å². The number of halogens is 1. The number of hydrogen-bond acceptors (Lipinski definition) is 6. The summed E-state index contributed by atoms with van der Waals surface area (Å²) >= 11 is 1.24. The third-order valence-electron chi connectivity index (χ3n) is 3.59. The van der Waals surface area contributed by atoms with Crippen molar-refractivity contribution in [3.05, 3.63) is 59.5 Å². The van der Waals surface area contributed by atoms with Crippen LogP contribution in [0.4, 0.5) is 21.0 Å². The number of anilines is 2. The van der Waals surface area contributed by atoms with Crippen molar-refractivity contribution < 1.29 is 4.39 Å². The molecule has 0 aliphatic rings. The van der Waals surface area contributed by atoms with Crippen molar-refractivity contribution in [3.8, 4) is 6.07 Å². The van der Waals surface area contributed by atoms with E-state index >= 15 is 0 Å². The molecule has 0 saturated carbocycles. The van der Waals surface area contributed by atoms with Crippen LogP contribution in [0, 0.1) is 23.7 Å². The summed E-state index contributed by atoms with van der Waals surface area (Å²) in [7, 11) is 0. The Bertz CT molecular complexity index is 1220. The Morgan fingerprint density at radius 3 is 2.80 bits per heavy atom. The Kier molecular flexibility index (Phi) is 3.46. The minimum absolute atomic E-state index is 0.200. The summed E-state index contributed by atoms with van der Waals surface area (Å²) in [6.07, 6.45) is 1.38. The van der Waals surface area contributed by atoms with Crippen LogP contribution >= 0.6 is 11.3 Å². The van der Waals surface area contributed by atoms with Crippen LogP contribution in [0.15, 0.2) is 36.7 Å². The van der Waals surface area contributed by atoms with Gasteiger partial charge in [0.15, 0.2) is 5.52 Å². The number of nitriles is 1. The Hall–Kier alpha value is -3.62. The van der Waals surface area contributed by atoms with Crippen molar-refractivity contribution >= 4 is 49.1 Å². The van der Waals surface area contributed by atoms with Crippen molar-refractivity contribution in [2.45, 2.75) is 0 Å². The molecule has 0 fully saturated rings. The van der Waals surface area contributed by atoms with Crippen LogP contribution in [0.1, 0.15) is 5.56 Å². The summed E-state index contributed by atoms with van der Waals surface area (Å²) in [5.41, 5.74) is 1.77. The number of rotatable bonds is 2. The molecule has 0 radical (unpaired) electrons. The lowest BCUT2D eigenvalue weighted by Crippen LogP contribution is -1.98. The molecule has 0 unspecified atom stereocenters. The largest absolute Gasteiger partial charge is 0.351 e. The summed E-state index contributed by atoms with van der Waals surface area (Å²) in [6, 6.07) is 9.64. The summed E-state index contributed by atoms with van der Waals surface area (Å²) in [5, 5.41) is 12.8. The van der Waals surface area contributed by atoms with Gasteiger partial charge in [-0.3, -0.25) is 0 Å². The van der Waals surface area contributed by atoms with Gasteiger partial charge >= 0.3 is 5.13 Å². The Morgan fingerprint density at radius 2 is 2.04 bits per heavy atom. The van der Waals surface area contributed by atoms with E-state index in [9.17, 15) is 4.39 Å². The molecule has 2 aromatic heterocycles. The number of aromatic nitrogens is 3. The molecule has 2 aromatic carbocycles. The Morgan fingerprint density at radius 1 is 1.20 bits per heavy atom. The molecule has 1 N–H and O–H groups in total. The number of thiazole rings is 1. The van der Waals surface area contributed by atoms with E-state index in [1.807, 2.05) is 6.07 Å². The van der Waals surface area contributed by atoms with Crippen molar-refractivity contribution in [1.82, 2.24) is 15.0 Å². The van der Waals surface area contributed by atoms with E-state index in [1.54, 1.807) is 12.1 Å². The first-order chi connectivity index (χ1) is 12.2. The van der Waals surface area contributed by atoms with E-state index in [2.05, 4.69) is 25.1 Å². The molecule has 0 aliphatic carbocycles. The fourth-order valence-corrected chi connectivity index (χ4v) is 3.37. The van der Waals surface area contributed by atoms with Gasteiger partial charge in [0.2, 0.25) is 0 Å². The molecule has 0 atom stereocenters. The maximum atomic E-state index is 14.2. The van der Waals surface area contributed by atoms with Gasteiger partial charge in [-0.05, 0) is 30.3 Å². The molecule has 0 saturated heterocycles. The molecule has 0 bridgehead atoms. The average Bonchev–Trinajstić information content (AvgIpc) is 3.07. The smallest absolute Gasteiger partial charge is 0.330 e.